The Hall–Kier alpha value is -1.55. The lowest BCUT2D eigenvalue weighted by Gasteiger charge is -2.27. The van der Waals surface area contributed by atoms with Gasteiger partial charge in [-0.25, -0.2) is 0 Å². The van der Waals surface area contributed by atoms with E-state index in [1.165, 1.54) is 22.4 Å². The fourth-order valence-electron chi connectivity index (χ4n) is 3.05. The maximum Gasteiger partial charge on any atom is 0.0599 e. The molecule has 0 saturated carbocycles. The van der Waals surface area contributed by atoms with Crippen LogP contribution in [0.3, 0.4) is 0 Å². The predicted molar refractivity (Wildman–Crippen MR) is 108 cm³/mol. The van der Waals surface area contributed by atoms with Crippen LogP contribution in [0.1, 0.15) is 36.1 Å². The number of hydrogen-bond acceptors (Lipinski definition) is 3. The Morgan fingerprint density at radius 3 is 2.56 bits per heavy atom. The van der Waals surface area contributed by atoms with Gasteiger partial charge in [-0.2, -0.15) is 0 Å². The van der Waals surface area contributed by atoms with Crippen molar-refractivity contribution >= 4 is 17.3 Å². The molecule has 2 aromatic carbocycles. The second kappa shape index (κ2) is 9.81. The zero-order valence-electron chi connectivity index (χ0n) is 15.7. The first kappa shape index (κ1) is 19.8. The van der Waals surface area contributed by atoms with Gasteiger partial charge in [-0.3, -0.25) is 0 Å². The van der Waals surface area contributed by atoms with E-state index in [-0.39, 0.29) is 6.04 Å². The van der Waals surface area contributed by atoms with Crippen LogP contribution in [0.4, 0.5) is 5.69 Å². The molecule has 0 saturated heterocycles. The maximum absolute atomic E-state index is 6.17. The summed E-state index contributed by atoms with van der Waals surface area (Å²) in [5.74, 6) is 0. The number of nitrogens with zero attached hydrogens (tertiary/aromatic N) is 1. The van der Waals surface area contributed by atoms with Crippen LogP contribution in [0, 0.1) is 6.92 Å². The molecule has 1 unspecified atom stereocenters. The lowest BCUT2D eigenvalue weighted by Crippen LogP contribution is -2.27. The number of hydrogen-bond donors (Lipinski definition) is 1. The number of nitrogens with one attached hydrogen (secondary N) is 1. The molecule has 0 fully saturated rings. The molecule has 0 amide bonds. The normalized spacial score (nSPS) is 12.2. The minimum absolute atomic E-state index is 0.123. The Morgan fingerprint density at radius 1 is 1.12 bits per heavy atom. The Labute approximate surface area is 156 Å². The van der Waals surface area contributed by atoms with E-state index in [9.17, 15) is 0 Å². The Morgan fingerprint density at radius 2 is 1.88 bits per heavy atom. The van der Waals surface area contributed by atoms with E-state index in [0.29, 0.717) is 0 Å². The number of aryl methyl sites for hydroxylation is 1. The number of benzene rings is 2. The van der Waals surface area contributed by atoms with Gasteiger partial charge in [-0.15, -0.1) is 0 Å². The number of anilines is 1. The van der Waals surface area contributed by atoms with Crippen molar-refractivity contribution < 1.29 is 4.74 Å². The summed E-state index contributed by atoms with van der Waals surface area (Å²) in [5, 5.41) is 4.49. The van der Waals surface area contributed by atoms with Gasteiger partial charge in [0, 0.05) is 38.0 Å². The molecule has 0 aliphatic carbocycles. The van der Waals surface area contributed by atoms with Crippen molar-refractivity contribution in [2.45, 2.75) is 26.3 Å². The highest BCUT2D eigenvalue weighted by Gasteiger charge is 2.19. The van der Waals surface area contributed by atoms with Crippen molar-refractivity contribution in [1.29, 1.82) is 0 Å². The van der Waals surface area contributed by atoms with Crippen molar-refractivity contribution in [2.75, 3.05) is 38.8 Å². The van der Waals surface area contributed by atoms with Crippen LogP contribution in [-0.2, 0) is 4.74 Å². The summed E-state index contributed by atoms with van der Waals surface area (Å²) >= 11 is 6.17. The second-order valence-electron chi connectivity index (χ2n) is 6.39. The summed E-state index contributed by atoms with van der Waals surface area (Å²) in [6.07, 6.45) is 0.987. The van der Waals surface area contributed by atoms with Gasteiger partial charge in [-0.1, -0.05) is 35.9 Å². The van der Waals surface area contributed by atoms with E-state index >= 15 is 0 Å². The smallest absolute Gasteiger partial charge is 0.0599 e. The first-order chi connectivity index (χ1) is 12.0. The summed E-state index contributed by atoms with van der Waals surface area (Å²) in [5.41, 5.74) is 4.95. The van der Waals surface area contributed by atoms with Gasteiger partial charge in [0.05, 0.1) is 6.04 Å². The summed E-state index contributed by atoms with van der Waals surface area (Å²) in [7, 11) is 4.17. The van der Waals surface area contributed by atoms with Crippen LogP contribution in [0.5, 0.6) is 0 Å². The molecule has 2 rings (SSSR count). The van der Waals surface area contributed by atoms with Crippen LogP contribution in [-0.4, -0.2) is 33.9 Å². The highest BCUT2D eigenvalue weighted by atomic mass is 35.5. The van der Waals surface area contributed by atoms with Gasteiger partial charge in [-0.05, 0) is 61.7 Å². The molecule has 0 heterocycles. The van der Waals surface area contributed by atoms with E-state index in [0.717, 1.165) is 31.2 Å². The lowest BCUT2D eigenvalue weighted by molar-refractivity contribution is 0.144. The van der Waals surface area contributed by atoms with E-state index in [2.05, 4.69) is 61.6 Å². The molecule has 0 radical (unpaired) electrons. The number of para-hydroxylation sites is 1. The third-order valence-electron chi connectivity index (χ3n) is 4.29. The van der Waals surface area contributed by atoms with Crippen LogP contribution in [0.2, 0.25) is 5.02 Å². The van der Waals surface area contributed by atoms with E-state index < -0.39 is 0 Å². The largest absolute Gasteiger partial charge is 0.382 e. The lowest BCUT2D eigenvalue weighted by atomic mass is 9.93. The molecule has 3 nitrogen and oxygen atoms in total. The first-order valence-electron chi connectivity index (χ1n) is 8.88. The number of halogens is 1. The monoisotopic (exact) mass is 360 g/mol. The van der Waals surface area contributed by atoms with Crippen molar-refractivity contribution in [1.82, 2.24) is 5.32 Å². The molecule has 25 heavy (non-hydrogen) atoms. The molecule has 1 atom stereocenters. The first-order valence-corrected chi connectivity index (χ1v) is 9.25. The summed E-state index contributed by atoms with van der Waals surface area (Å²) in [4.78, 5) is 2.16. The van der Waals surface area contributed by atoms with Gasteiger partial charge < -0.3 is 15.0 Å². The van der Waals surface area contributed by atoms with E-state index in [4.69, 9.17) is 16.3 Å². The zero-order valence-corrected chi connectivity index (χ0v) is 16.4. The molecule has 0 aliphatic heterocycles. The number of rotatable bonds is 9. The molecule has 1 N–H and O–H groups in total. The van der Waals surface area contributed by atoms with Crippen LogP contribution >= 0.6 is 11.6 Å². The SMILES string of the molecule is CCOCCCNC(c1ccc(Cl)cc1C)c1ccccc1N(C)C. The zero-order chi connectivity index (χ0) is 18.2. The van der Waals surface area contributed by atoms with Crippen LogP contribution in [0.25, 0.3) is 0 Å². The van der Waals surface area contributed by atoms with Gasteiger partial charge in [0.1, 0.15) is 0 Å². The highest BCUT2D eigenvalue weighted by Crippen LogP contribution is 2.32. The van der Waals surface area contributed by atoms with Crippen LogP contribution < -0.4 is 10.2 Å². The van der Waals surface area contributed by atoms with E-state index in [1.807, 2.05) is 19.1 Å². The molecule has 0 aliphatic rings. The fourth-order valence-corrected chi connectivity index (χ4v) is 3.28. The van der Waals surface area contributed by atoms with Gasteiger partial charge in [0.15, 0.2) is 0 Å². The topological polar surface area (TPSA) is 24.5 Å². The van der Waals surface area contributed by atoms with Gasteiger partial charge >= 0.3 is 0 Å². The number of ether oxygens (including phenoxy) is 1. The standard InChI is InChI=1S/C21H29ClN2O/c1-5-25-14-8-13-23-21(18-12-11-17(22)15-16(18)2)19-9-6-7-10-20(19)24(3)4/h6-7,9-12,15,21,23H,5,8,13-14H2,1-4H3. The Kier molecular flexibility index (Phi) is 7.76. The molecule has 136 valence electrons. The molecule has 2 aromatic rings. The summed E-state index contributed by atoms with van der Waals surface area (Å²) < 4.78 is 5.46. The molecule has 0 aromatic heterocycles. The predicted octanol–water partition coefficient (Wildman–Crippen LogP) is 4.82. The van der Waals surface area contributed by atoms with Crippen molar-refractivity contribution in [3.05, 3.63) is 64.2 Å². The molecular formula is C21H29ClN2O. The van der Waals surface area contributed by atoms with E-state index in [1.54, 1.807) is 0 Å². The minimum atomic E-state index is 0.123. The summed E-state index contributed by atoms with van der Waals surface area (Å²) in [6.45, 7) is 6.60. The average Bonchev–Trinajstić information content (AvgIpc) is 2.59. The second-order valence-corrected chi connectivity index (χ2v) is 6.83. The summed E-state index contributed by atoms with van der Waals surface area (Å²) in [6, 6.07) is 14.8. The Balaban J connectivity index is 2.32. The van der Waals surface area contributed by atoms with Gasteiger partial charge in [0.2, 0.25) is 0 Å². The molecule has 4 heteroatoms. The fraction of sp³-hybridized carbons (Fsp3) is 0.429. The van der Waals surface area contributed by atoms with Crippen molar-refractivity contribution in [3.8, 4) is 0 Å². The highest BCUT2D eigenvalue weighted by molar-refractivity contribution is 6.30. The van der Waals surface area contributed by atoms with Gasteiger partial charge in [0.25, 0.3) is 0 Å². The van der Waals surface area contributed by atoms with Crippen LogP contribution in [0.15, 0.2) is 42.5 Å². The van der Waals surface area contributed by atoms with Crippen molar-refractivity contribution in [3.63, 3.8) is 0 Å². The third-order valence-corrected chi connectivity index (χ3v) is 4.53. The quantitative estimate of drug-likeness (QED) is 0.649. The minimum Gasteiger partial charge on any atom is -0.382 e. The maximum atomic E-state index is 6.17. The molecular weight excluding hydrogens is 332 g/mol. The molecule has 0 bridgehead atoms. The third kappa shape index (κ3) is 5.46. The molecule has 0 spiro atoms. The average molecular weight is 361 g/mol. The Bertz CT molecular complexity index is 673. The van der Waals surface area contributed by atoms with Crippen molar-refractivity contribution in [2.24, 2.45) is 0 Å².